The molecule has 0 aromatic heterocycles. The number of rotatable bonds is 3. The molecule has 1 aromatic rings. The van der Waals surface area contributed by atoms with Crippen molar-refractivity contribution in [3.05, 3.63) is 48.0 Å². The second kappa shape index (κ2) is 3.72. The first-order chi connectivity index (χ1) is 5.75. The number of benzene rings is 1. The summed E-state index contributed by atoms with van der Waals surface area (Å²) in [6.45, 7) is 3.56. The number of allylic oxidation sites excluding steroid dienone is 1. The Bertz CT molecular complexity index is 302. The van der Waals surface area contributed by atoms with Gasteiger partial charge in [0.2, 0.25) is 0 Å². The molecular formula is C10H10O2. The van der Waals surface area contributed by atoms with Crippen molar-refractivity contribution in [1.82, 2.24) is 0 Å². The molecule has 0 saturated heterocycles. The highest BCUT2D eigenvalue weighted by atomic mass is 16.4. The number of carboxylic acids is 1. The van der Waals surface area contributed by atoms with Gasteiger partial charge in [-0.25, -0.2) is 4.79 Å². The molecule has 1 N–H and O–H groups in total. The van der Waals surface area contributed by atoms with Crippen molar-refractivity contribution in [2.45, 2.75) is 6.42 Å². The third-order valence-electron chi connectivity index (χ3n) is 1.61. The number of hydrogen-bond donors (Lipinski definition) is 1. The van der Waals surface area contributed by atoms with Crippen molar-refractivity contribution >= 4 is 5.97 Å². The fourth-order valence-electron chi connectivity index (χ4n) is 1.06. The molecular weight excluding hydrogens is 154 g/mol. The van der Waals surface area contributed by atoms with Crippen LogP contribution in [0.4, 0.5) is 0 Å². The van der Waals surface area contributed by atoms with Crippen LogP contribution in [0, 0.1) is 0 Å². The van der Waals surface area contributed by atoms with E-state index in [2.05, 4.69) is 6.58 Å². The number of hydrogen-bond acceptors (Lipinski definition) is 1. The highest BCUT2D eigenvalue weighted by Crippen LogP contribution is 2.09. The van der Waals surface area contributed by atoms with E-state index in [1.54, 1.807) is 24.3 Å². The van der Waals surface area contributed by atoms with Gasteiger partial charge in [0.05, 0.1) is 5.56 Å². The largest absolute Gasteiger partial charge is 0.478 e. The lowest BCUT2D eigenvalue weighted by Crippen LogP contribution is -2.00. The molecule has 1 aromatic carbocycles. The van der Waals surface area contributed by atoms with Crippen LogP contribution in [-0.4, -0.2) is 11.1 Å². The average molecular weight is 164 g/mol. The fraction of sp³-hybridized carbons (Fsp3) is 0.100. The zero-order valence-electron chi connectivity index (χ0n) is 6.66. The molecule has 2 nitrogen and oxygen atoms in total. The highest BCUT2D eigenvalue weighted by molar-refractivity contribution is 5.89. The van der Waals surface area contributed by atoms with E-state index in [0.717, 1.165) is 5.56 Å². The first kappa shape index (κ1) is 8.53. The minimum atomic E-state index is -0.882. The summed E-state index contributed by atoms with van der Waals surface area (Å²) in [5.74, 6) is -0.882. The maximum Gasteiger partial charge on any atom is 0.335 e. The van der Waals surface area contributed by atoms with E-state index in [9.17, 15) is 4.79 Å². The van der Waals surface area contributed by atoms with Crippen molar-refractivity contribution in [2.24, 2.45) is 0 Å². The maximum absolute atomic E-state index is 10.7. The van der Waals surface area contributed by atoms with Gasteiger partial charge in [-0.2, -0.15) is 0 Å². The Balaban J connectivity index is 3.07. The van der Waals surface area contributed by atoms with Gasteiger partial charge in [-0.15, -0.1) is 6.58 Å². The monoisotopic (exact) mass is 164 g/mol. The molecule has 0 heterocycles. The van der Waals surface area contributed by atoms with Crippen LogP contribution in [-0.2, 0) is 6.42 Å². The van der Waals surface area contributed by atoms with Crippen LogP contribution in [0.5, 0.6) is 0 Å². The summed E-state index contributed by atoms with van der Waals surface area (Å²) in [5, 5.41) is 8.76. The summed E-state index contributed by atoms with van der Waals surface area (Å²) < 4.78 is 0. The normalized spacial score (nSPS) is 9.33. The fourth-order valence-corrected chi connectivity index (χ4v) is 1.06. The minimum absolute atomic E-state index is 0.359. The van der Waals surface area contributed by atoms with Crippen LogP contribution < -0.4 is 0 Å². The first-order valence-electron chi connectivity index (χ1n) is 3.68. The van der Waals surface area contributed by atoms with E-state index >= 15 is 0 Å². The quantitative estimate of drug-likeness (QED) is 0.694. The van der Waals surface area contributed by atoms with Crippen molar-refractivity contribution in [1.29, 1.82) is 0 Å². The predicted octanol–water partition coefficient (Wildman–Crippen LogP) is 2.11. The molecule has 0 unspecified atom stereocenters. The number of aromatic carboxylic acids is 1. The van der Waals surface area contributed by atoms with Crippen LogP contribution in [0.1, 0.15) is 15.9 Å². The molecule has 0 aliphatic heterocycles. The van der Waals surface area contributed by atoms with Gasteiger partial charge >= 0.3 is 5.97 Å². The zero-order chi connectivity index (χ0) is 8.97. The lowest BCUT2D eigenvalue weighted by atomic mass is 10.3. The molecule has 0 saturated carbocycles. The molecule has 12 heavy (non-hydrogen) atoms. The first-order valence-corrected chi connectivity index (χ1v) is 3.68. The van der Waals surface area contributed by atoms with E-state index in [1.165, 1.54) is 0 Å². The third-order valence-corrected chi connectivity index (χ3v) is 1.61. The second-order valence-electron chi connectivity index (χ2n) is 2.46. The van der Waals surface area contributed by atoms with Gasteiger partial charge in [0.15, 0.2) is 0 Å². The molecule has 62 valence electrons. The Hall–Kier alpha value is -1.57. The maximum atomic E-state index is 10.7. The summed E-state index contributed by atoms with van der Waals surface area (Å²) in [7, 11) is 0. The Labute approximate surface area is 71.2 Å². The standard InChI is InChI=1S/C10H10O2/c1-2-5-8-6-3-4-7-9(8)10(11)12/h2-4,6-7H,1,5H2,(H,11,12)/i8+2. The third kappa shape index (κ3) is 1.72. The van der Waals surface area contributed by atoms with Crippen LogP contribution >= 0.6 is 0 Å². The minimum Gasteiger partial charge on any atom is -0.478 e. The van der Waals surface area contributed by atoms with Crippen LogP contribution in [0.25, 0.3) is 0 Å². The van der Waals surface area contributed by atoms with Gasteiger partial charge in [-0.1, -0.05) is 24.3 Å². The van der Waals surface area contributed by atoms with Crippen molar-refractivity contribution in [2.75, 3.05) is 0 Å². The molecule has 1 rings (SSSR count). The van der Waals surface area contributed by atoms with E-state index in [0.29, 0.717) is 12.0 Å². The van der Waals surface area contributed by atoms with Crippen molar-refractivity contribution in [3.8, 4) is 0 Å². The van der Waals surface area contributed by atoms with E-state index in [1.807, 2.05) is 6.07 Å². The summed E-state index contributed by atoms with van der Waals surface area (Å²) in [5.41, 5.74) is 1.16. The number of carbonyl (C=O) groups is 1. The van der Waals surface area contributed by atoms with E-state index < -0.39 is 5.97 Å². The molecule has 0 fully saturated rings. The molecule has 0 aliphatic carbocycles. The van der Waals surface area contributed by atoms with Crippen molar-refractivity contribution in [3.63, 3.8) is 0 Å². The molecule has 2 heteroatoms. The lowest BCUT2D eigenvalue weighted by molar-refractivity contribution is 0.0696. The average Bonchev–Trinajstić information content (AvgIpc) is 2.05. The second-order valence-corrected chi connectivity index (χ2v) is 2.46. The Morgan fingerprint density at radius 1 is 1.67 bits per heavy atom. The molecule has 0 aliphatic rings. The van der Waals surface area contributed by atoms with Crippen LogP contribution in [0.3, 0.4) is 0 Å². The van der Waals surface area contributed by atoms with Gasteiger partial charge < -0.3 is 5.11 Å². The predicted molar refractivity (Wildman–Crippen MR) is 47.3 cm³/mol. The molecule has 0 spiro atoms. The van der Waals surface area contributed by atoms with Crippen molar-refractivity contribution < 1.29 is 9.90 Å². The smallest absolute Gasteiger partial charge is 0.335 e. The zero-order valence-corrected chi connectivity index (χ0v) is 6.66. The van der Waals surface area contributed by atoms with Crippen LogP contribution in [0.15, 0.2) is 36.9 Å². The Morgan fingerprint density at radius 3 is 3.00 bits per heavy atom. The van der Waals surface area contributed by atoms with Gasteiger partial charge in [-0.05, 0) is 18.1 Å². The van der Waals surface area contributed by atoms with Gasteiger partial charge in [0, 0.05) is 0 Å². The SMILES string of the molecule is C=CC[14c]1ccccc1C(=O)O. The number of carboxylic acid groups (broad SMARTS) is 1. The molecule has 0 amide bonds. The molecule has 0 atom stereocenters. The lowest BCUT2D eigenvalue weighted by Gasteiger charge is -2.00. The summed E-state index contributed by atoms with van der Waals surface area (Å²) >= 11 is 0. The highest BCUT2D eigenvalue weighted by Gasteiger charge is 2.06. The Morgan fingerprint density at radius 2 is 2.42 bits per heavy atom. The van der Waals surface area contributed by atoms with Gasteiger partial charge in [0.25, 0.3) is 0 Å². The van der Waals surface area contributed by atoms with Gasteiger partial charge in [-0.3, -0.25) is 0 Å². The molecule has 0 radical (unpaired) electrons. The van der Waals surface area contributed by atoms with Crippen LogP contribution in [0.2, 0.25) is 0 Å². The van der Waals surface area contributed by atoms with E-state index in [-0.39, 0.29) is 0 Å². The summed E-state index contributed by atoms with van der Waals surface area (Å²) in [6.07, 6.45) is 2.30. The summed E-state index contributed by atoms with van der Waals surface area (Å²) in [6, 6.07) is 6.94. The van der Waals surface area contributed by atoms with E-state index in [4.69, 9.17) is 5.11 Å². The Kier molecular flexibility index (Phi) is 2.64. The van der Waals surface area contributed by atoms with Gasteiger partial charge in [0.1, 0.15) is 0 Å². The summed E-state index contributed by atoms with van der Waals surface area (Å²) in [4.78, 5) is 10.7. The molecule has 0 bridgehead atoms. The topological polar surface area (TPSA) is 37.3 Å².